The number of aromatic amines is 1. The van der Waals surface area contributed by atoms with Crippen LogP contribution in [0.15, 0.2) is 30.7 Å². The molecule has 0 aliphatic carbocycles. The fraction of sp³-hybridized carbons (Fsp3) is 0. The average Bonchev–Trinajstić information content (AvgIpc) is 2.58. The largest absolute Gasteiger partial charge is 0.343 e. The lowest BCUT2D eigenvalue weighted by Gasteiger charge is -1.91. The topological polar surface area (TPSA) is 41.6 Å². The molecule has 1 N–H and O–H groups in total. The predicted molar refractivity (Wildman–Crippen MR) is 40.7 cm³/mol. The number of pyridine rings is 1. The van der Waals surface area contributed by atoms with Crippen LogP contribution in [0.25, 0.3) is 11.5 Å². The molecular formula is C8H6N3. The highest BCUT2D eigenvalue weighted by Gasteiger charge is 1.97. The summed E-state index contributed by atoms with van der Waals surface area (Å²) in [7, 11) is 0. The molecule has 0 aliphatic heterocycles. The molecule has 0 saturated heterocycles. The Balaban J connectivity index is 2.46. The van der Waals surface area contributed by atoms with Crippen molar-refractivity contribution in [2.45, 2.75) is 0 Å². The van der Waals surface area contributed by atoms with E-state index in [1.165, 1.54) is 0 Å². The molecule has 0 aliphatic rings. The smallest absolute Gasteiger partial charge is 0.155 e. The van der Waals surface area contributed by atoms with Gasteiger partial charge in [0, 0.05) is 18.6 Å². The van der Waals surface area contributed by atoms with Gasteiger partial charge in [-0.25, -0.2) is 4.98 Å². The zero-order chi connectivity index (χ0) is 7.52. The van der Waals surface area contributed by atoms with Crippen LogP contribution in [0, 0.1) is 6.07 Å². The number of hydrogen-bond donors (Lipinski definition) is 1. The normalized spacial score (nSPS) is 9.82. The third kappa shape index (κ3) is 1.12. The van der Waals surface area contributed by atoms with Gasteiger partial charge in [-0.2, -0.15) is 0 Å². The molecule has 1 radical (unpaired) electrons. The minimum Gasteiger partial charge on any atom is -0.343 e. The van der Waals surface area contributed by atoms with Crippen molar-refractivity contribution in [2.75, 3.05) is 0 Å². The van der Waals surface area contributed by atoms with Gasteiger partial charge >= 0.3 is 0 Å². The molecule has 0 unspecified atom stereocenters. The Hall–Kier alpha value is -1.64. The maximum Gasteiger partial charge on any atom is 0.155 e. The van der Waals surface area contributed by atoms with E-state index in [0.29, 0.717) is 0 Å². The maximum atomic E-state index is 4.10. The molecule has 2 aromatic heterocycles. The second-order valence-electron chi connectivity index (χ2n) is 2.08. The predicted octanol–water partition coefficient (Wildman–Crippen LogP) is 1.27. The van der Waals surface area contributed by atoms with Crippen LogP contribution in [-0.4, -0.2) is 15.0 Å². The van der Waals surface area contributed by atoms with Gasteiger partial charge in [-0.3, -0.25) is 4.98 Å². The van der Waals surface area contributed by atoms with E-state index in [2.05, 4.69) is 21.0 Å². The van der Waals surface area contributed by atoms with Gasteiger partial charge in [0.1, 0.15) is 5.69 Å². The number of H-pyrrole nitrogens is 1. The van der Waals surface area contributed by atoms with Crippen LogP contribution in [0.4, 0.5) is 0 Å². The zero-order valence-corrected chi connectivity index (χ0v) is 5.78. The minimum absolute atomic E-state index is 0.779. The summed E-state index contributed by atoms with van der Waals surface area (Å²) in [5.41, 5.74) is 0.817. The highest BCUT2D eigenvalue weighted by atomic mass is 14.9. The Morgan fingerprint density at radius 1 is 1.27 bits per heavy atom. The molecule has 3 nitrogen and oxygen atoms in total. The van der Waals surface area contributed by atoms with Crippen molar-refractivity contribution in [1.82, 2.24) is 15.0 Å². The van der Waals surface area contributed by atoms with Crippen molar-refractivity contribution in [3.63, 3.8) is 0 Å². The first-order valence-electron chi connectivity index (χ1n) is 3.28. The van der Waals surface area contributed by atoms with E-state index in [1.54, 1.807) is 30.7 Å². The van der Waals surface area contributed by atoms with Crippen molar-refractivity contribution in [3.05, 3.63) is 36.8 Å². The van der Waals surface area contributed by atoms with E-state index in [0.717, 1.165) is 11.5 Å². The summed E-state index contributed by atoms with van der Waals surface area (Å²) in [6, 6.07) is 6.47. The number of nitrogens with one attached hydrogen (secondary N) is 1. The second-order valence-corrected chi connectivity index (χ2v) is 2.08. The SMILES string of the molecule is [c]1ccnc(-c2ncc[nH]2)c1. The Morgan fingerprint density at radius 2 is 2.27 bits per heavy atom. The molecule has 2 rings (SSSR count). The Kier molecular flexibility index (Phi) is 1.41. The minimum atomic E-state index is 0.779. The van der Waals surface area contributed by atoms with Gasteiger partial charge in [0.05, 0.1) is 0 Å². The van der Waals surface area contributed by atoms with Crippen molar-refractivity contribution in [3.8, 4) is 11.5 Å². The van der Waals surface area contributed by atoms with E-state index in [9.17, 15) is 0 Å². The molecular weight excluding hydrogens is 138 g/mol. The van der Waals surface area contributed by atoms with Crippen LogP contribution in [0.1, 0.15) is 0 Å². The third-order valence-electron chi connectivity index (χ3n) is 1.35. The quantitative estimate of drug-likeness (QED) is 0.654. The summed E-state index contributed by atoms with van der Waals surface area (Å²) in [6.45, 7) is 0. The summed E-state index contributed by atoms with van der Waals surface area (Å²) in [5, 5.41) is 0. The first kappa shape index (κ1) is 6.09. The molecule has 3 heteroatoms. The van der Waals surface area contributed by atoms with E-state index in [4.69, 9.17) is 0 Å². The lowest BCUT2D eigenvalue weighted by atomic mass is 10.3. The molecule has 2 aromatic rings. The lowest BCUT2D eigenvalue weighted by Crippen LogP contribution is -1.82. The summed E-state index contributed by atoms with van der Waals surface area (Å²) in [4.78, 5) is 11.1. The molecule has 0 bridgehead atoms. The Bertz CT molecular complexity index is 312. The van der Waals surface area contributed by atoms with Crippen LogP contribution in [-0.2, 0) is 0 Å². The summed E-state index contributed by atoms with van der Waals surface area (Å²) >= 11 is 0. The number of imidazole rings is 1. The van der Waals surface area contributed by atoms with Gasteiger partial charge in [0.25, 0.3) is 0 Å². The fourth-order valence-electron chi connectivity index (χ4n) is 0.860. The van der Waals surface area contributed by atoms with Crippen molar-refractivity contribution in [2.24, 2.45) is 0 Å². The summed E-state index contributed by atoms with van der Waals surface area (Å²) in [6.07, 6.45) is 5.16. The Labute approximate surface area is 64.1 Å². The highest BCUT2D eigenvalue weighted by Crippen LogP contribution is 2.07. The highest BCUT2D eigenvalue weighted by molar-refractivity contribution is 5.47. The standard InChI is InChI=1S/C8H6N3/c1-2-4-9-7(3-1)8-10-5-6-11-8/h2-6H,(H,10,11). The number of hydrogen-bond acceptors (Lipinski definition) is 2. The van der Waals surface area contributed by atoms with E-state index in [-0.39, 0.29) is 0 Å². The van der Waals surface area contributed by atoms with Crippen molar-refractivity contribution in [1.29, 1.82) is 0 Å². The van der Waals surface area contributed by atoms with E-state index in [1.807, 2.05) is 0 Å². The number of rotatable bonds is 1. The molecule has 2 heterocycles. The molecule has 0 fully saturated rings. The first-order valence-corrected chi connectivity index (χ1v) is 3.28. The Morgan fingerprint density at radius 3 is 2.91 bits per heavy atom. The second kappa shape index (κ2) is 2.54. The van der Waals surface area contributed by atoms with Gasteiger partial charge in [-0.15, -0.1) is 0 Å². The molecule has 11 heavy (non-hydrogen) atoms. The number of aromatic nitrogens is 3. The van der Waals surface area contributed by atoms with E-state index < -0.39 is 0 Å². The zero-order valence-electron chi connectivity index (χ0n) is 5.78. The van der Waals surface area contributed by atoms with Crippen LogP contribution >= 0.6 is 0 Å². The maximum absolute atomic E-state index is 4.10. The van der Waals surface area contributed by atoms with Gasteiger partial charge < -0.3 is 4.98 Å². The molecule has 0 atom stereocenters. The van der Waals surface area contributed by atoms with E-state index >= 15 is 0 Å². The molecule has 0 spiro atoms. The van der Waals surface area contributed by atoms with Crippen LogP contribution in [0.5, 0.6) is 0 Å². The van der Waals surface area contributed by atoms with Crippen LogP contribution in [0.2, 0.25) is 0 Å². The molecule has 53 valence electrons. The van der Waals surface area contributed by atoms with Gasteiger partial charge in [-0.1, -0.05) is 0 Å². The lowest BCUT2D eigenvalue weighted by molar-refractivity contribution is 1.22. The van der Waals surface area contributed by atoms with Crippen LogP contribution < -0.4 is 0 Å². The molecule has 0 saturated carbocycles. The fourth-order valence-corrected chi connectivity index (χ4v) is 0.860. The summed E-state index contributed by atoms with van der Waals surface area (Å²) in [5.74, 6) is 0.779. The molecule has 0 aromatic carbocycles. The van der Waals surface area contributed by atoms with Gasteiger partial charge in [0.15, 0.2) is 5.82 Å². The van der Waals surface area contributed by atoms with Crippen LogP contribution in [0.3, 0.4) is 0 Å². The third-order valence-corrected chi connectivity index (χ3v) is 1.35. The van der Waals surface area contributed by atoms with Gasteiger partial charge in [-0.05, 0) is 18.2 Å². The van der Waals surface area contributed by atoms with Crippen molar-refractivity contribution >= 4 is 0 Å². The van der Waals surface area contributed by atoms with Gasteiger partial charge in [0.2, 0.25) is 0 Å². The average molecular weight is 144 g/mol. The number of nitrogens with zero attached hydrogens (tertiary/aromatic N) is 2. The molecule has 0 amide bonds. The van der Waals surface area contributed by atoms with Crippen molar-refractivity contribution < 1.29 is 0 Å². The first-order chi connectivity index (χ1) is 5.47. The monoisotopic (exact) mass is 144 g/mol. The summed E-state index contributed by atoms with van der Waals surface area (Å²) < 4.78 is 0.